The minimum atomic E-state index is -0.0589. The summed E-state index contributed by atoms with van der Waals surface area (Å²) in [4.78, 5) is 15.9. The van der Waals surface area contributed by atoms with E-state index in [1.54, 1.807) is 7.05 Å². The van der Waals surface area contributed by atoms with Gasteiger partial charge in [-0.1, -0.05) is 58.4 Å². The number of nitrogens with zero attached hydrogens (tertiary/aromatic N) is 1. The van der Waals surface area contributed by atoms with Gasteiger partial charge in [0.1, 0.15) is 0 Å². The molecule has 0 aromatic carbocycles. The van der Waals surface area contributed by atoms with Crippen LogP contribution in [0.5, 0.6) is 0 Å². The Balaban J connectivity index is 3.84. The van der Waals surface area contributed by atoms with Crippen LogP contribution in [-0.2, 0) is 9.53 Å². The van der Waals surface area contributed by atoms with Gasteiger partial charge in [0.05, 0.1) is 6.61 Å². The number of rotatable bonds is 13. The molecule has 0 amide bonds. The van der Waals surface area contributed by atoms with Gasteiger partial charge in [0.25, 0.3) is 0 Å². The molecule has 3 heteroatoms. The van der Waals surface area contributed by atoms with Gasteiger partial charge in [-0.3, -0.25) is 9.79 Å². The Bertz CT molecular complexity index is 345. The maximum absolute atomic E-state index is 11.7. The van der Waals surface area contributed by atoms with Gasteiger partial charge in [0, 0.05) is 25.6 Å². The zero-order valence-corrected chi connectivity index (χ0v) is 15.1. The van der Waals surface area contributed by atoms with Crippen molar-refractivity contribution in [2.24, 2.45) is 4.99 Å². The Labute approximate surface area is 137 Å². The lowest BCUT2D eigenvalue weighted by Gasteiger charge is -2.08. The molecule has 0 rings (SSSR count). The predicted molar refractivity (Wildman–Crippen MR) is 95.6 cm³/mol. The molecule has 0 N–H and O–H groups in total. The van der Waals surface area contributed by atoms with Crippen LogP contribution in [0.25, 0.3) is 0 Å². The highest BCUT2D eigenvalue weighted by Gasteiger charge is 2.05. The van der Waals surface area contributed by atoms with Gasteiger partial charge >= 0.3 is 5.97 Å². The smallest absolute Gasteiger partial charge is 0.305 e. The molecule has 0 aromatic heterocycles. The van der Waals surface area contributed by atoms with E-state index in [0.29, 0.717) is 13.0 Å². The van der Waals surface area contributed by atoms with Gasteiger partial charge in [0.15, 0.2) is 0 Å². The number of ether oxygens (including phenoxy) is 1. The van der Waals surface area contributed by atoms with Crippen molar-refractivity contribution in [2.75, 3.05) is 13.7 Å². The van der Waals surface area contributed by atoms with Crippen molar-refractivity contribution in [3.05, 3.63) is 11.6 Å². The van der Waals surface area contributed by atoms with Crippen LogP contribution in [0.2, 0.25) is 0 Å². The number of unbranched alkanes of at least 4 members (excludes halogenated alkanes) is 6. The molecule has 0 aromatic rings. The van der Waals surface area contributed by atoms with E-state index in [-0.39, 0.29) is 5.97 Å². The molecule has 0 spiro atoms. The lowest BCUT2D eigenvalue weighted by Crippen LogP contribution is -2.08. The molecular weight excluding hydrogens is 274 g/mol. The SMILES string of the molecule is CCC/C=C(\CCOC(=O)CCCCCCCC)C(C)=NC. The molecular formula is C19H35NO2. The molecule has 0 saturated heterocycles. The highest BCUT2D eigenvalue weighted by molar-refractivity contribution is 5.98. The standard InChI is InChI=1S/C19H35NO2/c1-5-7-9-10-11-12-14-19(21)22-16-15-18(13-8-6-2)17(3)20-4/h13H,5-12,14-16H2,1-4H3/b18-13+,20-17?. The van der Waals surface area contributed by atoms with E-state index in [0.717, 1.165) is 37.8 Å². The van der Waals surface area contributed by atoms with E-state index in [2.05, 4.69) is 24.9 Å². The summed E-state index contributed by atoms with van der Waals surface area (Å²) in [6, 6.07) is 0. The molecule has 0 aliphatic carbocycles. The van der Waals surface area contributed by atoms with Crippen LogP contribution >= 0.6 is 0 Å². The lowest BCUT2D eigenvalue weighted by molar-refractivity contribution is -0.143. The normalized spacial score (nSPS) is 12.5. The third-order valence-corrected chi connectivity index (χ3v) is 3.85. The van der Waals surface area contributed by atoms with Crippen molar-refractivity contribution in [1.29, 1.82) is 0 Å². The third-order valence-electron chi connectivity index (χ3n) is 3.85. The number of hydrogen-bond donors (Lipinski definition) is 0. The first-order valence-corrected chi connectivity index (χ1v) is 8.94. The average Bonchev–Trinajstić information content (AvgIpc) is 2.53. The fourth-order valence-electron chi connectivity index (χ4n) is 2.29. The Morgan fingerprint density at radius 3 is 2.32 bits per heavy atom. The molecule has 0 saturated carbocycles. The molecule has 3 nitrogen and oxygen atoms in total. The van der Waals surface area contributed by atoms with Crippen molar-refractivity contribution < 1.29 is 9.53 Å². The second-order valence-electron chi connectivity index (χ2n) is 5.82. The van der Waals surface area contributed by atoms with Crippen LogP contribution in [0.4, 0.5) is 0 Å². The largest absolute Gasteiger partial charge is 0.465 e. The van der Waals surface area contributed by atoms with E-state index in [1.165, 1.54) is 31.3 Å². The van der Waals surface area contributed by atoms with E-state index in [4.69, 9.17) is 4.74 Å². The van der Waals surface area contributed by atoms with E-state index < -0.39 is 0 Å². The molecule has 22 heavy (non-hydrogen) atoms. The second kappa shape index (κ2) is 14.8. The number of hydrogen-bond acceptors (Lipinski definition) is 3. The van der Waals surface area contributed by atoms with Gasteiger partial charge in [0.2, 0.25) is 0 Å². The zero-order chi connectivity index (χ0) is 16.6. The van der Waals surface area contributed by atoms with Crippen LogP contribution in [0.15, 0.2) is 16.6 Å². The molecule has 0 heterocycles. The highest BCUT2D eigenvalue weighted by atomic mass is 16.5. The molecule has 0 unspecified atom stereocenters. The van der Waals surface area contributed by atoms with Gasteiger partial charge in [-0.05, 0) is 25.3 Å². The minimum Gasteiger partial charge on any atom is -0.465 e. The van der Waals surface area contributed by atoms with E-state index >= 15 is 0 Å². The van der Waals surface area contributed by atoms with Gasteiger partial charge in [-0.15, -0.1) is 0 Å². The number of allylic oxidation sites excluding steroid dienone is 1. The van der Waals surface area contributed by atoms with Crippen LogP contribution in [0.3, 0.4) is 0 Å². The maximum atomic E-state index is 11.7. The van der Waals surface area contributed by atoms with Crippen LogP contribution < -0.4 is 0 Å². The topological polar surface area (TPSA) is 38.7 Å². The number of aliphatic imine (C=N–C) groups is 1. The summed E-state index contributed by atoms with van der Waals surface area (Å²) in [5.74, 6) is -0.0589. The van der Waals surface area contributed by atoms with Crippen molar-refractivity contribution in [3.8, 4) is 0 Å². The zero-order valence-electron chi connectivity index (χ0n) is 15.1. The molecule has 0 radical (unpaired) electrons. The van der Waals surface area contributed by atoms with Crippen molar-refractivity contribution in [3.63, 3.8) is 0 Å². The first kappa shape index (κ1) is 20.9. The summed E-state index contributed by atoms with van der Waals surface area (Å²) >= 11 is 0. The summed E-state index contributed by atoms with van der Waals surface area (Å²) < 4.78 is 5.34. The molecule has 128 valence electrons. The van der Waals surface area contributed by atoms with Crippen LogP contribution in [0, 0.1) is 0 Å². The van der Waals surface area contributed by atoms with Crippen LogP contribution in [-0.4, -0.2) is 25.3 Å². The maximum Gasteiger partial charge on any atom is 0.305 e. The monoisotopic (exact) mass is 309 g/mol. The first-order chi connectivity index (χ1) is 10.7. The Morgan fingerprint density at radius 2 is 1.68 bits per heavy atom. The summed E-state index contributed by atoms with van der Waals surface area (Å²) in [6.45, 7) is 6.86. The van der Waals surface area contributed by atoms with Crippen molar-refractivity contribution in [1.82, 2.24) is 0 Å². The number of carbonyl (C=O) groups excluding carboxylic acids is 1. The first-order valence-electron chi connectivity index (χ1n) is 8.94. The Morgan fingerprint density at radius 1 is 1.00 bits per heavy atom. The molecule has 0 bridgehead atoms. The number of carbonyl (C=O) groups is 1. The van der Waals surface area contributed by atoms with Crippen LogP contribution in [0.1, 0.15) is 85.0 Å². The van der Waals surface area contributed by atoms with Crippen molar-refractivity contribution >= 4 is 11.7 Å². The van der Waals surface area contributed by atoms with E-state index in [9.17, 15) is 4.79 Å². The Kier molecular flexibility index (Phi) is 14.0. The lowest BCUT2D eigenvalue weighted by atomic mass is 10.1. The number of esters is 1. The van der Waals surface area contributed by atoms with Gasteiger partial charge in [-0.25, -0.2) is 0 Å². The fourth-order valence-corrected chi connectivity index (χ4v) is 2.29. The minimum absolute atomic E-state index is 0.0589. The second-order valence-corrected chi connectivity index (χ2v) is 5.82. The highest BCUT2D eigenvalue weighted by Crippen LogP contribution is 2.10. The van der Waals surface area contributed by atoms with Gasteiger partial charge < -0.3 is 4.74 Å². The Hall–Kier alpha value is -1.12. The fraction of sp³-hybridized carbons (Fsp3) is 0.789. The summed E-state index contributed by atoms with van der Waals surface area (Å²) in [6.07, 6.45) is 12.9. The molecule has 0 fully saturated rings. The van der Waals surface area contributed by atoms with E-state index in [1.807, 2.05) is 6.92 Å². The molecule has 0 aliphatic heterocycles. The molecule has 0 aliphatic rings. The molecule has 0 atom stereocenters. The van der Waals surface area contributed by atoms with Gasteiger partial charge in [-0.2, -0.15) is 0 Å². The predicted octanol–water partition coefficient (Wildman–Crippen LogP) is 5.49. The van der Waals surface area contributed by atoms with Crippen molar-refractivity contribution in [2.45, 2.75) is 85.0 Å². The summed E-state index contributed by atoms with van der Waals surface area (Å²) in [5, 5.41) is 0. The summed E-state index contributed by atoms with van der Waals surface area (Å²) in [5.41, 5.74) is 2.25. The quantitative estimate of drug-likeness (QED) is 0.256. The summed E-state index contributed by atoms with van der Waals surface area (Å²) in [7, 11) is 1.81. The average molecular weight is 309 g/mol. The third kappa shape index (κ3) is 11.5.